The molecule has 0 spiro atoms. The van der Waals surface area contributed by atoms with Crippen LogP contribution in [0.1, 0.15) is 22.3 Å². The van der Waals surface area contributed by atoms with Crippen molar-refractivity contribution in [3.05, 3.63) is 229 Å². The van der Waals surface area contributed by atoms with E-state index in [0.29, 0.717) is 0 Å². The summed E-state index contributed by atoms with van der Waals surface area (Å²) in [6, 6.07) is 71.8. The lowest BCUT2D eigenvalue weighted by molar-refractivity contribution is 0.669. The highest BCUT2D eigenvalue weighted by molar-refractivity contribution is 6.18. The largest absolute Gasteiger partial charge is 0.456 e. The van der Waals surface area contributed by atoms with Crippen molar-refractivity contribution >= 4 is 49.9 Å². The van der Waals surface area contributed by atoms with Crippen LogP contribution in [0.2, 0.25) is 0 Å². The predicted molar refractivity (Wildman–Crippen MR) is 226 cm³/mol. The van der Waals surface area contributed by atoms with Gasteiger partial charge in [-0.1, -0.05) is 170 Å². The van der Waals surface area contributed by atoms with Gasteiger partial charge in [-0.15, -0.1) is 0 Å². The molecule has 0 aliphatic heterocycles. The summed E-state index contributed by atoms with van der Waals surface area (Å²) in [7, 11) is 0. The van der Waals surface area contributed by atoms with E-state index >= 15 is 0 Å². The maximum absolute atomic E-state index is 6.64. The van der Waals surface area contributed by atoms with E-state index in [-0.39, 0.29) is 0 Å². The highest BCUT2D eigenvalue weighted by atomic mass is 16.3. The van der Waals surface area contributed by atoms with E-state index in [1.165, 1.54) is 38.8 Å². The lowest BCUT2D eigenvalue weighted by Crippen LogP contribution is -2.28. The van der Waals surface area contributed by atoms with Gasteiger partial charge in [-0.3, -0.25) is 4.90 Å². The first-order chi connectivity index (χ1) is 27.3. The van der Waals surface area contributed by atoms with Crippen LogP contribution in [-0.2, 0) is 5.41 Å². The lowest BCUT2D eigenvalue weighted by atomic mass is 9.67. The standard InChI is InChI=1S/C52H34N2O/c1-4-16-35(17-5-1)40-23-13-15-27-47(40)54(50-33-49-44(34-53-50)51-41-24-11-10-18-36(41)28-31-48(51)55-49)39-29-30-43-42-25-12-14-26-45(42)52(46(43)32-39,37-19-6-2-7-20-37)38-21-8-3-9-22-38/h1-34H. The Morgan fingerprint density at radius 1 is 0.455 bits per heavy atom. The van der Waals surface area contributed by atoms with E-state index in [4.69, 9.17) is 9.40 Å². The third kappa shape index (κ3) is 4.73. The molecule has 258 valence electrons. The van der Waals surface area contributed by atoms with Crippen molar-refractivity contribution in [3.8, 4) is 22.3 Å². The van der Waals surface area contributed by atoms with E-state index in [9.17, 15) is 0 Å². The van der Waals surface area contributed by atoms with Crippen LogP contribution in [0.25, 0.3) is 55.0 Å². The molecule has 0 saturated carbocycles. The molecule has 0 fully saturated rings. The molecule has 0 saturated heterocycles. The Morgan fingerprint density at radius 3 is 1.87 bits per heavy atom. The van der Waals surface area contributed by atoms with E-state index in [2.05, 4.69) is 205 Å². The van der Waals surface area contributed by atoms with Gasteiger partial charge in [-0.05, 0) is 74.0 Å². The molecule has 10 aromatic rings. The van der Waals surface area contributed by atoms with Crippen LogP contribution in [0.15, 0.2) is 211 Å². The summed E-state index contributed by atoms with van der Waals surface area (Å²) < 4.78 is 6.64. The van der Waals surface area contributed by atoms with Crippen LogP contribution in [0, 0.1) is 0 Å². The molecule has 0 atom stereocenters. The fraction of sp³-hybridized carbons (Fsp3) is 0.0192. The number of furan rings is 1. The third-order valence-electron chi connectivity index (χ3n) is 11.4. The summed E-state index contributed by atoms with van der Waals surface area (Å²) in [6.07, 6.45) is 1.99. The molecule has 1 aliphatic carbocycles. The minimum atomic E-state index is -0.535. The average Bonchev–Trinajstić information content (AvgIpc) is 3.78. The third-order valence-corrected chi connectivity index (χ3v) is 11.4. The van der Waals surface area contributed by atoms with Gasteiger partial charge in [0.05, 0.1) is 11.1 Å². The van der Waals surface area contributed by atoms with Crippen molar-refractivity contribution in [2.75, 3.05) is 4.90 Å². The van der Waals surface area contributed by atoms with Crippen molar-refractivity contribution in [1.82, 2.24) is 4.98 Å². The Labute approximate surface area is 319 Å². The number of nitrogens with zero attached hydrogens (tertiary/aromatic N) is 2. The van der Waals surface area contributed by atoms with E-state index in [1.807, 2.05) is 6.20 Å². The summed E-state index contributed by atoms with van der Waals surface area (Å²) in [5, 5.41) is 4.44. The molecule has 0 unspecified atom stereocenters. The first-order valence-corrected chi connectivity index (χ1v) is 18.8. The molecular weight excluding hydrogens is 669 g/mol. The second-order valence-electron chi connectivity index (χ2n) is 14.3. The van der Waals surface area contributed by atoms with Gasteiger partial charge in [0.1, 0.15) is 17.0 Å². The monoisotopic (exact) mass is 702 g/mol. The van der Waals surface area contributed by atoms with Gasteiger partial charge in [0.25, 0.3) is 0 Å². The average molecular weight is 703 g/mol. The molecule has 0 N–H and O–H groups in total. The topological polar surface area (TPSA) is 29.3 Å². The summed E-state index contributed by atoms with van der Waals surface area (Å²) in [4.78, 5) is 7.58. The van der Waals surface area contributed by atoms with Crippen molar-refractivity contribution in [3.63, 3.8) is 0 Å². The van der Waals surface area contributed by atoms with Crippen LogP contribution < -0.4 is 4.90 Å². The van der Waals surface area contributed by atoms with Crippen LogP contribution in [-0.4, -0.2) is 4.98 Å². The van der Waals surface area contributed by atoms with E-state index in [1.54, 1.807) is 0 Å². The lowest BCUT2D eigenvalue weighted by Gasteiger charge is -2.35. The second kappa shape index (κ2) is 12.4. The molecule has 3 heteroatoms. The summed E-state index contributed by atoms with van der Waals surface area (Å²) in [6.45, 7) is 0. The first kappa shape index (κ1) is 31.3. The highest BCUT2D eigenvalue weighted by Gasteiger charge is 2.46. The molecule has 11 rings (SSSR count). The molecule has 55 heavy (non-hydrogen) atoms. The summed E-state index contributed by atoms with van der Waals surface area (Å²) >= 11 is 0. The number of fused-ring (bicyclic) bond motifs is 8. The quantitative estimate of drug-likeness (QED) is 0.173. The Hall–Kier alpha value is -7.23. The van der Waals surface area contributed by atoms with Crippen molar-refractivity contribution in [2.24, 2.45) is 0 Å². The molecule has 8 aromatic carbocycles. The van der Waals surface area contributed by atoms with E-state index < -0.39 is 5.41 Å². The summed E-state index contributed by atoms with van der Waals surface area (Å²) in [5.74, 6) is 0.778. The highest BCUT2D eigenvalue weighted by Crippen LogP contribution is 2.57. The molecule has 1 aliphatic rings. The Morgan fingerprint density at radius 2 is 1.09 bits per heavy atom. The number of para-hydroxylation sites is 1. The second-order valence-corrected chi connectivity index (χ2v) is 14.3. The van der Waals surface area contributed by atoms with Crippen LogP contribution >= 0.6 is 0 Å². The van der Waals surface area contributed by atoms with Gasteiger partial charge < -0.3 is 4.42 Å². The van der Waals surface area contributed by atoms with Crippen molar-refractivity contribution in [2.45, 2.75) is 5.41 Å². The van der Waals surface area contributed by atoms with Crippen LogP contribution in [0.3, 0.4) is 0 Å². The zero-order chi connectivity index (χ0) is 36.3. The molecule has 3 nitrogen and oxygen atoms in total. The molecule has 0 bridgehead atoms. The van der Waals surface area contributed by atoms with E-state index in [0.717, 1.165) is 55.6 Å². The fourth-order valence-electron chi connectivity index (χ4n) is 9.05. The Bertz CT molecular complexity index is 3000. The number of hydrogen-bond acceptors (Lipinski definition) is 3. The maximum Gasteiger partial charge on any atom is 0.141 e. The van der Waals surface area contributed by atoms with Crippen LogP contribution in [0.4, 0.5) is 17.2 Å². The zero-order valence-corrected chi connectivity index (χ0v) is 29.9. The van der Waals surface area contributed by atoms with Crippen molar-refractivity contribution < 1.29 is 4.42 Å². The smallest absolute Gasteiger partial charge is 0.141 e. The normalized spacial score (nSPS) is 12.9. The number of pyridine rings is 1. The number of hydrogen-bond donors (Lipinski definition) is 0. The maximum atomic E-state index is 6.64. The molecular formula is C52H34N2O. The minimum Gasteiger partial charge on any atom is -0.456 e. The van der Waals surface area contributed by atoms with Gasteiger partial charge in [0.15, 0.2) is 0 Å². The van der Waals surface area contributed by atoms with Gasteiger partial charge in [0.2, 0.25) is 0 Å². The molecule has 2 aromatic heterocycles. The van der Waals surface area contributed by atoms with Crippen LogP contribution in [0.5, 0.6) is 0 Å². The van der Waals surface area contributed by atoms with Gasteiger partial charge in [-0.2, -0.15) is 0 Å². The Balaban J connectivity index is 1.20. The van der Waals surface area contributed by atoms with Gasteiger partial charge in [0, 0.05) is 34.3 Å². The van der Waals surface area contributed by atoms with Gasteiger partial charge >= 0.3 is 0 Å². The number of aromatic nitrogens is 1. The molecule has 0 amide bonds. The SMILES string of the molecule is c1ccc(-c2ccccc2N(c2ccc3c(c2)C(c2ccccc2)(c2ccccc2)c2ccccc2-3)c2cc3oc4ccc5ccccc5c4c3cn2)cc1. The Kier molecular flexibility index (Phi) is 7.08. The summed E-state index contributed by atoms with van der Waals surface area (Å²) in [5.41, 5.74) is 12.9. The molecule has 0 radical (unpaired) electrons. The predicted octanol–water partition coefficient (Wildman–Crippen LogP) is 13.6. The van der Waals surface area contributed by atoms with Crippen molar-refractivity contribution in [1.29, 1.82) is 0 Å². The first-order valence-electron chi connectivity index (χ1n) is 18.8. The fourth-order valence-corrected chi connectivity index (χ4v) is 9.05. The number of benzene rings is 8. The van der Waals surface area contributed by atoms with Gasteiger partial charge in [-0.25, -0.2) is 4.98 Å². The number of rotatable bonds is 6. The zero-order valence-electron chi connectivity index (χ0n) is 29.9. The number of anilines is 3. The minimum absolute atomic E-state index is 0.535. The molecule has 2 heterocycles.